The summed E-state index contributed by atoms with van der Waals surface area (Å²) in [5.74, 6) is -0.0723. The Morgan fingerprint density at radius 2 is 2.18 bits per heavy atom. The number of nitrogens with two attached hydrogens (primary N) is 1. The normalized spacial score (nSPS) is 10.3. The van der Waals surface area contributed by atoms with Crippen molar-refractivity contribution in [3.05, 3.63) is 23.0 Å². The summed E-state index contributed by atoms with van der Waals surface area (Å²) < 4.78 is 0. The molecule has 17 heavy (non-hydrogen) atoms. The fourth-order valence-electron chi connectivity index (χ4n) is 1.54. The Labute approximate surface area is 102 Å². The molecule has 1 rings (SSSR count). The zero-order valence-corrected chi connectivity index (χ0v) is 10.5. The molecule has 5 nitrogen and oxygen atoms in total. The van der Waals surface area contributed by atoms with Crippen molar-refractivity contribution < 1.29 is 4.79 Å². The number of rotatable bonds is 6. The van der Waals surface area contributed by atoms with Crippen LogP contribution in [0.25, 0.3) is 0 Å². The molecule has 0 aliphatic heterocycles. The molecule has 1 heterocycles. The highest BCUT2D eigenvalue weighted by molar-refractivity contribution is 5.95. The lowest BCUT2D eigenvalue weighted by Crippen LogP contribution is -2.26. The van der Waals surface area contributed by atoms with Crippen LogP contribution in [-0.2, 0) is 6.42 Å². The van der Waals surface area contributed by atoms with E-state index in [4.69, 9.17) is 5.73 Å². The minimum atomic E-state index is -0.0723. The van der Waals surface area contributed by atoms with Crippen LogP contribution in [0, 0.1) is 6.92 Å². The van der Waals surface area contributed by atoms with Gasteiger partial charge in [-0.1, -0.05) is 6.92 Å². The van der Waals surface area contributed by atoms with E-state index in [1.165, 1.54) is 0 Å². The van der Waals surface area contributed by atoms with Gasteiger partial charge in [-0.2, -0.15) is 10.2 Å². The molecule has 0 bridgehead atoms. The molecular formula is C12H20N4O. The molecular weight excluding hydrogens is 216 g/mol. The highest BCUT2D eigenvalue weighted by atomic mass is 16.1. The minimum absolute atomic E-state index is 0.0723. The van der Waals surface area contributed by atoms with Gasteiger partial charge in [0.2, 0.25) is 0 Å². The van der Waals surface area contributed by atoms with Crippen molar-refractivity contribution >= 4 is 5.91 Å². The Morgan fingerprint density at radius 3 is 2.82 bits per heavy atom. The van der Waals surface area contributed by atoms with Crippen molar-refractivity contribution in [2.75, 3.05) is 13.1 Å². The molecule has 0 aliphatic rings. The maximum absolute atomic E-state index is 11.9. The molecule has 0 saturated heterocycles. The van der Waals surface area contributed by atoms with Crippen LogP contribution in [0.1, 0.15) is 41.5 Å². The average molecular weight is 236 g/mol. The zero-order chi connectivity index (χ0) is 12.7. The molecule has 0 aliphatic carbocycles. The maximum Gasteiger partial charge on any atom is 0.253 e. The molecule has 0 atom stereocenters. The van der Waals surface area contributed by atoms with E-state index in [0.717, 1.165) is 24.2 Å². The summed E-state index contributed by atoms with van der Waals surface area (Å²) in [6.45, 7) is 5.11. The number of aryl methyl sites for hydroxylation is 2. The van der Waals surface area contributed by atoms with Crippen LogP contribution < -0.4 is 11.1 Å². The molecule has 0 saturated carbocycles. The number of unbranched alkanes of at least 4 members (excludes halogenated alkanes) is 1. The monoisotopic (exact) mass is 236 g/mol. The summed E-state index contributed by atoms with van der Waals surface area (Å²) in [6.07, 6.45) is 2.54. The smallest absolute Gasteiger partial charge is 0.253 e. The van der Waals surface area contributed by atoms with Gasteiger partial charge in [0.05, 0.1) is 17.0 Å². The second kappa shape index (κ2) is 6.96. The highest BCUT2D eigenvalue weighted by Crippen LogP contribution is 2.07. The summed E-state index contributed by atoms with van der Waals surface area (Å²) in [7, 11) is 0. The fraction of sp³-hybridized carbons (Fsp3) is 0.583. The summed E-state index contributed by atoms with van der Waals surface area (Å²) in [5, 5.41) is 10.9. The van der Waals surface area contributed by atoms with Crippen LogP contribution in [0.15, 0.2) is 6.07 Å². The van der Waals surface area contributed by atoms with Crippen molar-refractivity contribution in [2.45, 2.75) is 33.1 Å². The second-order valence-corrected chi connectivity index (χ2v) is 3.95. The Hall–Kier alpha value is -1.49. The van der Waals surface area contributed by atoms with Gasteiger partial charge in [-0.25, -0.2) is 0 Å². The Bertz CT molecular complexity index is 379. The van der Waals surface area contributed by atoms with Crippen molar-refractivity contribution in [2.24, 2.45) is 5.73 Å². The van der Waals surface area contributed by atoms with Gasteiger partial charge in [0.15, 0.2) is 0 Å². The molecule has 0 unspecified atom stereocenters. The molecule has 0 fully saturated rings. The number of carbonyl (C=O) groups excluding carboxylic acids is 1. The third-order valence-corrected chi connectivity index (χ3v) is 2.49. The lowest BCUT2D eigenvalue weighted by Gasteiger charge is -2.08. The number of carbonyl (C=O) groups is 1. The van der Waals surface area contributed by atoms with Crippen LogP contribution in [0.4, 0.5) is 0 Å². The van der Waals surface area contributed by atoms with Gasteiger partial charge < -0.3 is 11.1 Å². The van der Waals surface area contributed by atoms with Gasteiger partial charge >= 0.3 is 0 Å². The van der Waals surface area contributed by atoms with E-state index in [-0.39, 0.29) is 5.91 Å². The highest BCUT2D eigenvalue weighted by Gasteiger charge is 2.11. The van der Waals surface area contributed by atoms with E-state index >= 15 is 0 Å². The van der Waals surface area contributed by atoms with Gasteiger partial charge in [0, 0.05) is 6.54 Å². The van der Waals surface area contributed by atoms with E-state index < -0.39 is 0 Å². The SMILES string of the molecule is CCc1nnc(C)cc1C(=O)NCCCCN. The first-order valence-corrected chi connectivity index (χ1v) is 6.00. The van der Waals surface area contributed by atoms with Crippen LogP contribution in [0.2, 0.25) is 0 Å². The standard InChI is InChI=1S/C12H20N4O/c1-3-11-10(8-9(2)15-16-11)12(17)14-7-5-4-6-13/h8H,3-7,13H2,1-2H3,(H,14,17). The molecule has 5 heteroatoms. The first kappa shape index (κ1) is 13.6. The molecule has 0 aromatic carbocycles. The summed E-state index contributed by atoms with van der Waals surface area (Å²) in [5.41, 5.74) is 7.52. The number of amides is 1. The maximum atomic E-state index is 11.9. The largest absolute Gasteiger partial charge is 0.352 e. The van der Waals surface area contributed by atoms with Crippen molar-refractivity contribution in [3.63, 3.8) is 0 Å². The van der Waals surface area contributed by atoms with Crippen molar-refractivity contribution in [3.8, 4) is 0 Å². The van der Waals surface area contributed by atoms with E-state index in [1.54, 1.807) is 6.07 Å². The van der Waals surface area contributed by atoms with Gasteiger partial charge in [0.1, 0.15) is 0 Å². The predicted octanol–water partition coefficient (Wildman–Crippen LogP) is 0.816. The lowest BCUT2D eigenvalue weighted by atomic mass is 10.1. The third kappa shape index (κ3) is 4.11. The molecule has 94 valence electrons. The van der Waals surface area contributed by atoms with E-state index in [1.807, 2.05) is 13.8 Å². The molecule has 3 N–H and O–H groups in total. The first-order chi connectivity index (χ1) is 8.19. The second-order valence-electron chi connectivity index (χ2n) is 3.95. The van der Waals surface area contributed by atoms with Crippen LogP contribution in [0.3, 0.4) is 0 Å². The Morgan fingerprint density at radius 1 is 1.41 bits per heavy atom. The van der Waals surface area contributed by atoms with E-state index in [0.29, 0.717) is 25.1 Å². The predicted molar refractivity (Wildman–Crippen MR) is 66.8 cm³/mol. The summed E-state index contributed by atoms with van der Waals surface area (Å²) in [6, 6.07) is 1.78. The molecule has 1 aromatic heterocycles. The zero-order valence-electron chi connectivity index (χ0n) is 10.5. The third-order valence-electron chi connectivity index (χ3n) is 2.49. The topological polar surface area (TPSA) is 80.9 Å². The van der Waals surface area contributed by atoms with E-state index in [2.05, 4.69) is 15.5 Å². The van der Waals surface area contributed by atoms with Crippen molar-refractivity contribution in [1.82, 2.24) is 15.5 Å². The van der Waals surface area contributed by atoms with Crippen LogP contribution in [-0.4, -0.2) is 29.2 Å². The molecule has 1 amide bonds. The number of nitrogens with zero attached hydrogens (tertiary/aromatic N) is 2. The van der Waals surface area contributed by atoms with E-state index in [9.17, 15) is 4.79 Å². The quantitative estimate of drug-likeness (QED) is 0.716. The number of hydrogen-bond acceptors (Lipinski definition) is 4. The molecule has 1 aromatic rings. The molecule has 0 radical (unpaired) electrons. The molecule has 0 spiro atoms. The van der Waals surface area contributed by atoms with Gasteiger partial charge in [-0.15, -0.1) is 0 Å². The van der Waals surface area contributed by atoms with Crippen LogP contribution in [0.5, 0.6) is 0 Å². The first-order valence-electron chi connectivity index (χ1n) is 6.00. The fourth-order valence-corrected chi connectivity index (χ4v) is 1.54. The minimum Gasteiger partial charge on any atom is -0.352 e. The number of hydrogen-bond donors (Lipinski definition) is 2. The van der Waals surface area contributed by atoms with Gasteiger partial charge in [-0.3, -0.25) is 4.79 Å². The Balaban J connectivity index is 2.64. The summed E-state index contributed by atoms with van der Waals surface area (Å²) in [4.78, 5) is 11.9. The average Bonchev–Trinajstić information content (AvgIpc) is 2.34. The van der Waals surface area contributed by atoms with Crippen LogP contribution >= 0.6 is 0 Å². The summed E-state index contributed by atoms with van der Waals surface area (Å²) >= 11 is 0. The Kier molecular flexibility index (Phi) is 5.56. The van der Waals surface area contributed by atoms with Gasteiger partial charge in [-0.05, 0) is 38.8 Å². The van der Waals surface area contributed by atoms with Gasteiger partial charge in [0.25, 0.3) is 5.91 Å². The number of nitrogens with one attached hydrogen (secondary N) is 1. The number of aromatic nitrogens is 2. The lowest BCUT2D eigenvalue weighted by molar-refractivity contribution is 0.0951. The van der Waals surface area contributed by atoms with Crippen molar-refractivity contribution in [1.29, 1.82) is 0 Å².